The quantitative estimate of drug-likeness (QED) is 0.0325. The first-order chi connectivity index (χ1) is 36.7. The number of rotatable bonds is 31. The third kappa shape index (κ3) is 19.5. The van der Waals surface area contributed by atoms with Crippen molar-refractivity contribution < 1.29 is 57.8 Å². The first-order valence-corrected chi connectivity index (χ1v) is 26.7. The third-order valence-electron chi connectivity index (χ3n) is 12.5. The van der Waals surface area contributed by atoms with Gasteiger partial charge in [0, 0.05) is 82.6 Å². The van der Waals surface area contributed by atoms with Crippen LogP contribution in [0, 0.1) is 0 Å². The fraction of sp³-hybridized carbons (Fsp3) is 0.481. The van der Waals surface area contributed by atoms with Crippen molar-refractivity contribution in [2.75, 3.05) is 130 Å². The van der Waals surface area contributed by atoms with Gasteiger partial charge in [-0.2, -0.15) is 0 Å². The summed E-state index contributed by atoms with van der Waals surface area (Å²) in [6.07, 6.45) is -3.66. The van der Waals surface area contributed by atoms with Crippen LogP contribution >= 0.6 is 46.4 Å². The Balaban J connectivity index is 0.703. The highest BCUT2D eigenvalue weighted by Crippen LogP contribution is 2.40. The smallest absolute Gasteiger partial charge is 0.252 e. The number of aliphatic hydroxyl groups excluding tert-OH is 2. The second-order valence-electron chi connectivity index (χ2n) is 18.4. The number of nitrogens with one attached hydrogen (secondary N) is 4. The molecular formula is C54H68Cl4N6O12. The number of carbonyl (C=O) groups is 4. The third-order valence-corrected chi connectivity index (χ3v) is 13.6. The van der Waals surface area contributed by atoms with E-state index >= 15 is 0 Å². The molecule has 0 aliphatic carbocycles. The Bertz CT molecular complexity index is 2380. The molecule has 0 fully saturated rings. The van der Waals surface area contributed by atoms with E-state index in [9.17, 15) is 29.4 Å². The summed E-state index contributed by atoms with van der Waals surface area (Å²) < 4.78 is 32.9. The highest BCUT2D eigenvalue weighted by Gasteiger charge is 2.31. The SMILES string of the molecule is CN1Cc2c(Cl)cc(Cl)cc2C(c2cccc(NC(=O)CCOCCOCCOCCNC(=O)C(O)C(O)C(=O)NCCOCCOCCOCCC(=O)Nc3cccc(C4CN(C)Cc5c(Cl)cc(Cl)cc54)c3)c2)C1. The van der Waals surface area contributed by atoms with Crippen LogP contribution in [0.25, 0.3) is 0 Å². The van der Waals surface area contributed by atoms with Gasteiger partial charge in [-0.3, -0.25) is 19.2 Å². The summed E-state index contributed by atoms with van der Waals surface area (Å²) in [5, 5.41) is 33.5. The minimum absolute atomic E-state index is 0.0215. The van der Waals surface area contributed by atoms with E-state index in [1.807, 2.05) is 74.8 Å². The van der Waals surface area contributed by atoms with Crippen LogP contribution in [0.3, 0.4) is 0 Å². The standard InChI is InChI=1S/C54H68Cl4N6O12/c1-63-31-43(41-27-37(55)29-47(57)45(41)33-63)35-5-3-7-39(25-35)61-49(65)9-13-71-17-21-75-23-19-73-15-11-59-53(69)51(67)52(68)54(70)60-12-16-74-20-24-76-22-18-72-14-10-50(66)62-40-8-4-6-36(26-40)44-32-64(2)34-46-42(44)28-38(56)30-48(46)58/h3-8,25-30,43-44,51-52,67-68H,9-24,31-34H2,1-2H3,(H,59,69)(H,60,70)(H,61,65)(H,62,66). The van der Waals surface area contributed by atoms with Gasteiger partial charge in [-0.25, -0.2) is 0 Å². The van der Waals surface area contributed by atoms with Crippen molar-refractivity contribution in [3.63, 3.8) is 0 Å². The van der Waals surface area contributed by atoms with E-state index in [0.717, 1.165) is 59.6 Å². The van der Waals surface area contributed by atoms with Crippen LogP contribution in [0.15, 0.2) is 72.8 Å². The zero-order chi connectivity index (χ0) is 54.4. The molecule has 18 nitrogen and oxygen atoms in total. The molecule has 0 saturated heterocycles. The number of aliphatic hydroxyl groups is 2. The number of hydrogen-bond acceptors (Lipinski definition) is 14. The summed E-state index contributed by atoms with van der Waals surface area (Å²) in [6, 6.07) is 23.0. The summed E-state index contributed by atoms with van der Waals surface area (Å²) >= 11 is 25.8. The van der Waals surface area contributed by atoms with Crippen molar-refractivity contribution in [2.24, 2.45) is 0 Å². The molecule has 0 spiro atoms. The zero-order valence-corrected chi connectivity index (χ0v) is 45.8. The predicted octanol–water partition coefficient (Wildman–Crippen LogP) is 5.87. The lowest BCUT2D eigenvalue weighted by atomic mass is 9.84. The number of amides is 4. The summed E-state index contributed by atoms with van der Waals surface area (Å²) in [5.41, 5.74) is 7.77. The molecule has 0 radical (unpaired) electrons. The van der Waals surface area contributed by atoms with E-state index in [1.165, 1.54) is 0 Å². The molecule has 0 bridgehead atoms. The van der Waals surface area contributed by atoms with Gasteiger partial charge in [0.15, 0.2) is 12.2 Å². The molecule has 414 valence electrons. The largest absolute Gasteiger partial charge is 0.380 e. The van der Waals surface area contributed by atoms with Crippen molar-refractivity contribution in [3.8, 4) is 0 Å². The molecule has 4 amide bonds. The zero-order valence-electron chi connectivity index (χ0n) is 42.8. The Labute approximate surface area is 463 Å². The molecule has 2 heterocycles. The maximum atomic E-state index is 12.7. The lowest BCUT2D eigenvalue weighted by Crippen LogP contribution is -2.50. The van der Waals surface area contributed by atoms with Gasteiger partial charge in [0.2, 0.25) is 11.8 Å². The number of benzene rings is 4. The summed E-state index contributed by atoms with van der Waals surface area (Å²) in [4.78, 5) is 54.3. The Morgan fingerprint density at radius 2 is 0.882 bits per heavy atom. The van der Waals surface area contributed by atoms with Gasteiger partial charge in [0.1, 0.15) is 0 Å². The van der Waals surface area contributed by atoms with Gasteiger partial charge in [0.05, 0.1) is 92.1 Å². The first kappa shape index (κ1) is 60.7. The van der Waals surface area contributed by atoms with Crippen LogP contribution in [-0.2, 0) is 60.7 Å². The Kier molecular flexibility index (Phi) is 25.4. The highest BCUT2D eigenvalue weighted by atomic mass is 35.5. The molecule has 4 unspecified atom stereocenters. The van der Waals surface area contributed by atoms with Crippen LogP contribution in [0.5, 0.6) is 0 Å². The van der Waals surface area contributed by atoms with Crippen molar-refractivity contribution in [3.05, 3.63) is 126 Å². The average Bonchev–Trinajstić information content (AvgIpc) is 3.40. The molecule has 22 heteroatoms. The van der Waals surface area contributed by atoms with E-state index in [-0.39, 0.29) is 129 Å². The Hall–Kier alpha value is -4.48. The van der Waals surface area contributed by atoms with Crippen molar-refractivity contribution >= 4 is 81.4 Å². The van der Waals surface area contributed by atoms with E-state index in [4.69, 9.17) is 74.8 Å². The molecule has 4 atom stereocenters. The number of nitrogens with zero attached hydrogens (tertiary/aromatic N) is 2. The number of carbonyl (C=O) groups excluding carboxylic acids is 4. The van der Waals surface area contributed by atoms with E-state index in [2.05, 4.69) is 31.1 Å². The van der Waals surface area contributed by atoms with Crippen LogP contribution in [0.1, 0.15) is 58.1 Å². The average molecular weight is 1130 g/mol. The molecular weight excluding hydrogens is 1070 g/mol. The second-order valence-corrected chi connectivity index (χ2v) is 20.1. The van der Waals surface area contributed by atoms with Gasteiger partial charge in [-0.1, -0.05) is 70.7 Å². The highest BCUT2D eigenvalue weighted by molar-refractivity contribution is 6.35. The number of ether oxygens (including phenoxy) is 6. The molecule has 76 heavy (non-hydrogen) atoms. The maximum absolute atomic E-state index is 12.7. The normalized spacial score (nSPS) is 16.3. The van der Waals surface area contributed by atoms with Gasteiger partial charge in [-0.05, 0) is 96.0 Å². The minimum Gasteiger partial charge on any atom is -0.380 e. The lowest BCUT2D eigenvalue weighted by molar-refractivity contribution is -0.146. The second kappa shape index (κ2) is 31.8. The van der Waals surface area contributed by atoms with Crippen molar-refractivity contribution in [1.29, 1.82) is 0 Å². The van der Waals surface area contributed by atoms with Crippen LogP contribution in [0.4, 0.5) is 11.4 Å². The number of likely N-dealkylation sites (N-methyl/N-ethyl adjacent to an activating group) is 2. The molecule has 0 saturated carbocycles. The Morgan fingerprint density at radius 3 is 1.26 bits per heavy atom. The number of hydrogen-bond donors (Lipinski definition) is 6. The topological polar surface area (TPSA) is 219 Å². The molecule has 6 N–H and O–H groups in total. The number of anilines is 2. The van der Waals surface area contributed by atoms with Crippen LogP contribution in [-0.4, -0.2) is 175 Å². The fourth-order valence-corrected chi connectivity index (χ4v) is 9.91. The Morgan fingerprint density at radius 1 is 0.526 bits per heavy atom. The van der Waals surface area contributed by atoms with Crippen molar-refractivity contribution in [1.82, 2.24) is 20.4 Å². The first-order valence-electron chi connectivity index (χ1n) is 25.2. The van der Waals surface area contributed by atoms with E-state index in [1.54, 1.807) is 12.1 Å². The van der Waals surface area contributed by atoms with Gasteiger partial charge in [0.25, 0.3) is 11.8 Å². The molecule has 0 aromatic heterocycles. The van der Waals surface area contributed by atoms with Crippen LogP contribution < -0.4 is 21.3 Å². The minimum atomic E-state index is -1.99. The molecule has 4 aromatic rings. The molecule has 6 rings (SSSR count). The number of fused-ring (bicyclic) bond motifs is 2. The molecule has 2 aliphatic heterocycles. The van der Waals surface area contributed by atoms with E-state index < -0.39 is 24.0 Å². The summed E-state index contributed by atoms with van der Waals surface area (Å²) in [5.74, 6) is -2.13. The van der Waals surface area contributed by atoms with Gasteiger partial charge in [-0.15, -0.1) is 0 Å². The van der Waals surface area contributed by atoms with Gasteiger partial charge >= 0.3 is 0 Å². The predicted molar refractivity (Wildman–Crippen MR) is 292 cm³/mol. The molecule has 4 aromatic carbocycles. The molecule has 2 aliphatic rings. The maximum Gasteiger partial charge on any atom is 0.252 e. The van der Waals surface area contributed by atoms with E-state index in [0.29, 0.717) is 31.5 Å². The fourth-order valence-electron chi connectivity index (χ4n) is 8.78. The van der Waals surface area contributed by atoms with Gasteiger partial charge < -0.3 is 69.7 Å². The number of halogens is 4. The van der Waals surface area contributed by atoms with Crippen molar-refractivity contribution in [2.45, 2.75) is 50.0 Å². The monoisotopic (exact) mass is 1130 g/mol. The van der Waals surface area contributed by atoms with Crippen LogP contribution in [0.2, 0.25) is 20.1 Å². The summed E-state index contributed by atoms with van der Waals surface area (Å²) in [6.45, 7) is 5.79. The lowest BCUT2D eigenvalue weighted by Gasteiger charge is -2.33. The summed E-state index contributed by atoms with van der Waals surface area (Å²) in [7, 11) is 4.10.